The lowest BCUT2D eigenvalue weighted by atomic mass is 9.84. The highest BCUT2D eigenvalue weighted by Crippen LogP contribution is 2.43. The SMILES string of the molecule is O=C1OC2(CCN(C(=O)Nc3cn(-c4cnc5ccccc5c4)cn3)CC2)c2ccccc21. The van der Waals surface area contributed by atoms with Crippen molar-refractivity contribution in [3.8, 4) is 5.69 Å². The van der Waals surface area contributed by atoms with Gasteiger partial charge in [0.2, 0.25) is 0 Å². The van der Waals surface area contributed by atoms with Crippen molar-refractivity contribution < 1.29 is 14.3 Å². The van der Waals surface area contributed by atoms with Crippen molar-refractivity contribution in [2.24, 2.45) is 0 Å². The lowest BCUT2D eigenvalue weighted by Crippen LogP contribution is -2.46. The maximum atomic E-state index is 12.8. The quantitative estimate of drug-likeness (QED) is 0.475. The predicted molar refractivity (Wildman–Crippen MR) is 122 cm³/mol. The molecule has 0 aliphatic carbocycles. The molecule has 0 atom stereocenters. The average Bonchev–Trinajstić information content (AvgIpc) is 3.42. The topological polar surface area (TPSA) is 89.4 Å². The summed E-state index contributed by atoms with van der Waals surface area (Å²) in [4.78, 5) is 35.6. The number of esters is 1. The number of nitrogens with zero attached hydrogens (tertiary/aromatic N) is 4. The Hall–Kier alpha value is -4.20. The molecule has 6 rings (SSSR count). The van der Waals surface area contributed by atoms with Gasteiger partial charge < -0.3 is 14.2 Å². The Morgan fingerprint density at radius 3 is 2.70 bits per heavy atom. The number of nitrogens with one attached hydrogen (secondary N) is 1. The minimum absolute atomic E-state index is 0.218. The number of ether oxygens (including phenoxy) is 1. The number of imidazole rings is 1. The second-order valence-electron chi connectivity index (χ2n) is 8.40. The van der Waals surface area contributed by atoms with Gasteiger partial charge >= 0.3 is 12.0 Å². The van der Waals surface area contributed by atoms with Gasteiger partial charge in [-0.15, -0.1) is 0 Å². The molecule has 2 aliphatic rings. The van der Waals surface area contributed by atoms with E-state index in [1.807, 2.05) is 53.1 Å². The van der Waals surface area contributed by atoms with Crippen molar-refractivity contribution in [2.45, 2.75) is 18.4 Å². The first-order valence-electron chi connectivity index (χ1n) is 10.9. The zero-order valence-corrected chi connectivity index (χ0v) is 17.8. The molecule has 0 bridgehead atoms. The van der Waals surface area contributed by atoms with Crippen LogP contribution >= 0.6 is 0 Å². The first kappa shape index (κ1) is 19.5. The van der Waals surface area contributed by atoms with E-state index in [9.17, 15) is 9.59 Å². The molecule has 8 nitrogen and oxygen atoms in total. The molecule has 4 heterocycles. The Labute approximate surface area is 189 Å². The Bertz CT molecular complexity index is 1390. The smallest absolute Gasteiger partial charge is 0.339 e. The third-order valence-electron chi connectivity index (χ3n) is 6.48. The lowest BCUT2D eigenvalue weighted by Gasteiger charge is -2.38. The first-order valence-corrected chi connectivity index (χ1v) is 10.9. The highest BCUT2D eigenvalue weighted by molar-refractivity contribution is 5.95. The van der Waals surface area contributed by atoms with E-state index in [0.717, 1.165) is 22.2 Å². The van der Waals surface area contributed by atoms with Crippen molar-refractivity contribution in [1.82, 2.24) is 19.4 Å². The van der Waals surface area contributed by atoms with Gasteiger partial charge in [0.15, 0.2) is 5.82 Å². The molecule has 2 amide bonds. The van der Waals surface area contributed by atoms with Gasteiger partial charge in [0.05, 0.1) is 29.2 Å². The zero-order chi connectivity index (χ0) is 22.4. The van der Waals surface area contributed by atoms with Crippen molar-refractivity contribution >= 4 is 28.7 Å². The fraction of sp³-hybridized carbons (Fsp3) is 0.200. The Morgan fingerprint density at radius 1 is 1.03 bits per heavy atom. The number of carbonyl (C=O) groups is 2. The Balaban J connectivity index is 1.13. The van der Waals surface area contributed by atoms with E-state index in [4.69, 9.17) is 4.74 Å². The maximum Gasteiger partial charge on any atom is 0.339 e. The van der Waals surface area contributed by atoms with Crippen molar-refractivity contribution in [3.63, 3.8) is 0 Å². The summed E-state index contributed by atoms with van der Waals surface area (Å²) < 4.78 is 7.60. The van der Waals surface area contributed by atoms with Crippen LogP contribution in [0.15, 0.2) is 73.3 Å². The molecule has 0 saturated carbocycles. The van der Waals surface area contributed by atoms with Crippen LogP contribution in [0.3, 0.4) is 0 Å². The molecule has 1 fully saturated rings. The third kappa shape index (κ3) is 3.31. The van der Waals surface area contributed by atoms with Gasteiger partial charge in [-0.3, -0.25) is 10.3 Å². The summed E-state index contributed by atoms with van der Waals surface area (Å²) in [6.07, 6.45) is 6.34. The second-order valence-corrected chi connectivity index (χ2v) is 8.40. The number of likely N-dealkylation sites (tertiary alicyclic amines) is 1. The lowest BCUT2D eigenvalue weighted by molar-refractivity contribution is -0.0363. The molecule has 2 aromatic carbocycles. The van der Waals surface area contributed by atoms with Crippen molar-refractivity contribution in [2.75, 3.05) is 18.4 Å². The van der Waals surface area contributed by atoms with E-state index in [1.54, 1.807) is 29.7 Å². The van der Waals surface area contributed by atoms with E-state index in [1.165, 1.54) is 0 Å². The van der Waals surface area contributed by atoms with E-state index in [2.05, 4.69) is 15.3 Å². The molecule has 1 spiro atoms. The largest absolute Gasteiger partial charge is 0.450 e. The molecule has 2 aromatic heterocycles. The number of hydrogen-bond donors (Lipinski definition) is 1. The van der Waals surface area contributed by atoms with Gasteiger partial charge in [-0.1, -0.05) is 36.4 Å². The maximum absolute atomic E-state index is 12.8. The molecule has 1 saturated heterocycles. The molecular formula is C25H21N5O3. The zero-order valence-electron chi connectivity index (χ0n) is 17.8. The number of carbonyl (C=O) groups excluding carboxylic acids is 2. The first-order chi connectivity index (χ1) is 16.1. The van der Waals surface area contributed by atoms with Crippen LogP contribution in [0.2, 0.25) is 0 Å². The van der Waals surface area contributed by atoms with Crippen LogP contribution in [0, 0.1) is 0 Å². The molecule has 0 unspecified atom stereocenters. The monoisotopic (exact) mass is 439 g/mol. The minimum Gasteiger partial charge on any atom is -0.450 e. The van der Waals surface area contributed by atoms with Crippen LogP contribution in [0.5, 0.6) is 0 Å². The van der Waals surface area contributed by atoms with Gasteiger partial charge in [0.25, 0.3) is 0 Å². The molecule has 2 aliphatic heterocycles. The van der Waals surface area contributed by atoms with Crippen LogP contribution in [0.25, 0.3) is 16.6 Å². The molecule has 0 radical (unpaired) electrons. The van der Waals surface area contributed by atoms with Crippen molar-refractivity contribution in [3.05, 3.63) is 84.4 Å². The number of para-hydroxylation sites is 1. The summed E-state index contributed by atoms with van der Waals surface area (Å²) in [5, 5.41) is 3.91. The predicted octanol–water partition coefficient (Wildman–Crippen LogP) is 4.11. The van der Waals surface area contributed by atoms with E-state index in [0.29, 0.717) is 37.3 Å². The summed E-state index contributed by atoms with van der Waals surface area (Å²) in [5.41, 5.74) is 2.72. The van der Waals surface area contributed by atoms with E-state index in [-0.39, 0.29) is 12.0 Å². The van der Waals surface area contributed by atoms with Crippen LogP contribution in [0.4, 0.5) is 10.6 Å². The van der Waals surface area contributed by atoms with Gasteiger partial charge in [-0.25, -0.2) is 14.6 Å². The molecular weight excluding hydrogens is 418 g/mol. The highest BCUT2D eigenvalue weighted by atomic mass is 16.6. The number of piperidine rings is 1. The molecule has 33 heavy (non-hydrogen) atoms. The fourth-order valence-electron chi connectivity index (χ4n) is 4.71. The van der Waals surface area contributed by atoms with Gasteiger partial charge in [-0.05, 0) is 18.2 Å². The van der Waals surface area contributed by atoms with Gasteiger partial charge in [0, 0.05) is 36.9 Å². The number of pyridine rings is 1. The van der Waals surface area contributed by atoms with Gasteiger partial charge in [-0.2, -0.15) is 0 Å². The molecule has 1 N–H and O–H groups in total. The van der Waals surface area contributed by atoms with Crippen LogP contribution in [-0.2, 0) is 10.3 Å². The molecule has 164 valence electrons. The number of hydrogen-bond acceptors (Lipinski definition) is 5. The third-order valence-corrected chi connectivity index (χ3v) is 6.48. The summed E-state index contributed by atoms with van der Waals surface area (Å²) in [6.45, 7) is 0.978. The van der Waals surface area contributed by atoms with Crippen LogP contribution < -0.4 is 5.32 Å². The number of urea groups is 1. The number of benzene rings is 2. The minimum atomic E-state index is -0.630. The Kier molecular flexibility index (Phi) is 4.39. The second kappa shape index (κ2) is 7.44. The number of rotatable bonds is 2. The van der Waals surface area contributed by atoms with Crippen LogP contribution in [0.1, 0.15) is 28.8 Å². The Morgan fingerprint density at radius 2 is 1.82 bits per heavy atom. The highest BCUT2D eigenvalue weighted by Gasteiger charge is 2.47. The normalized spacial score (nSPS) is 16.6. The molecule has 4 aromatic rings. The number of fused-ring (bicyclic) bond motifs is 3. The van der Waals surface area contributed by atoms with E-state index < -0.39 is 5.60 Å². The van der Waals surface area contributed by atoms with Crippen LogP contribution in [-0.4, -0.2) is 44.5 Å². The standard InChI is InChI=1S/C25H21N5O3/c31-23-19-6-2-3-7-20(19)25(33-23)9-11-29(12-10-25)24(32)28-22-15-30(16-27-22)18-13-17-5-1-4-8-21(17)26-14-18/h1-8,13-16H,9-12H2,(H,28,32). The summed E-state index contributed by atoms with van der Waals surface area (Å²) in [6, 6.07) is 17.2. The number of amides is 2. The summed E-state index contributed by atoms with van der Waals surface area (Å²) in [7, 11) is 0. The number of anilines is 1. The van der Waals surface area contributed by atoms with Crippen molar-refractivity contribution in [1.29, 1.82) is 0 Å². The summed E-state index contributed by atoms with van der Waals surface area (Å²) >= 11 is 0. The molecule has 8 heteroatoms. The van der Waals surface area contributed by atoms with E-state index >= 15 is 0 Å². The van der Waals surface area contributed by atoms with Gasteiger partial charge in [0.1, 0.15) is 11.9 Å². The number of aromatic nitrogens is 3. The average molecular weight is 439 g/mol. The summed E-state index contributed by atoms with van der Waals surface area (Å²) in [5.74, 6) is 0.184. The fourth-order valence-corrected chi connectivity index (χ4v) is 4.71.